The molecular weight excluding hydrogens is 240 g/mol. The lowest BCUT2D eigenvalue weighted by atomic mass is 10.1. The molecule has 2 rings (SSSR count). The first kappa shape index (κ1) is 11.9. The van der Waals surface area contributed by atoms with E-state index in [0.29, 0.717) is 12.4 Å². The van der Waals surface area contributed by atoms with Gasteiger partial charge in [-0.15, -0.1) is 11.6 Å². The van der Waals surface area contributed by atoms with Crippen molar-refractivity contribution in [2.45, 2.75) is 13.3 Å². The van der Waals surface area contributed by atoms with Crippen LogP contribution in [0.1, 0.15) is 11.5 Å². The minimum atomic E-state index is -0.148. The van der Waals surface area contributed by atoms with Crippen LogP contribution in [0.3, 0.4) is 0 Å². The zero-order valence-corrected chi connectivity index (χ0v) is 10.3. The number of alkyl halides is 1. The Balaban J connectivity index is 2.01. The fraction of sp³-hybridized carbons (Fsp3) is 0.333. The second-order valence-corrected chi connectivity index (χ2v) is 4.04. The van der Waals surface area contributed by atoms with Gasteiger partial charge in [0, 0.05) is 13.5 Å². The predicted octanol–water partition coefficient (Wildman–Crippen LogP) is 2.03. The molecule has 0 aliphatic carbocycles. The van der Waals surface area contributed by atoms with Gasteiger partial charge in [0.25, 0.3) is 0 Å². The van der Waals surface area contributed by atoms with Gasteiger partial charge in [0.2, 0.25) is 5.91 Å². The number of amides is 1. The predicted molar refractivity (Wildman–Crippen MR) is 66.2 cm³/mol. The van der Waals surface area contributed by atoms with Crippen LogP contribution in [0.2, 0.25) is 0 Å². The molecule has 17 heavy (non-hydrogen) atoms. The lowest BCUT2D eigenvalue weighted by Gasteiger charge is -2.02. The summed E-state index contributed by atoms with van der Waals surface area (Å²) in [7, 11) is 0. The molecule has 4 nitrogen and oxygen atoms in total. The number of hydrogen-bond acceptors (Lipinski definition) is 3. The SMILES string of the molecule is Cc1nc2cc(CCNC(=O)CCl)ccc2o1. The Morgan fingerprint density at radius 3 is 3.12 bits per heavy atom. The van der Waals surface area contributed by atoms with Crippen LogP contribution < -0.4 is 5.32 Å². The Morgan fingerprint density at radius 2 is 2.35 bits per heavy atom. The molecule has 1 aromatic heterocycles. The van der Waals surface area contributed by atoms with Gasteiger partial charge >= 0.3 is 0 Å². The van der Waals surface area contributed by atoms with Crippen molar-refractivity contribution in [3.8, 4) is 0 Å². The molecule has 0 spiro atoms. The standard InChI is InChI=1S/C12H13ClN2O2/c1-8-15-10-6-9(2-3-11(10)17-8)4-5-14-12(16)7-13/h2-3,6H,4-5,7H2,1H3,(H,14,16). The van der Waals surface area contributed by atoms with Gasteiger partial charge in [-0.05, 0) is 24.1 Å². The Kier molecular flexibility index (Phi) is 3.64. The first-order valence-corrected chi connectivity index (χ1v) is 5.91. The molecule has 2 aromatic rings. The van der Waals surface area contributed by atoms with Gasteiger partial charge < -0.3 is 9.73 Å². The first-order valence-electron chi connectivity index (χ1n) is 5.38. The average Bonchev–Trinajstić information content (AvgIpc) is 2.68. The third kappa shape index (κ3) is 2.97. The van der Waals surface area contributed by atoms with Gasteiger partial charge in [0.05, 0.1) is 0 Å². The zero-order chi connectivity index (χ0) is 12.3. The largest absolute Gasteiger partial charge is 0.441 e. The number of hydrogen-bond donors (Lipinski definition) is 1. The number of rotatable bonds is 4. The number of nitrogens with one attached hydrogen (secondary N) is 1. The van der Waals surface area contributed by atoms with Crippen molar-refractivity contribution in [3.63, 3.8) is 0 Å². The van der Waals surface area contributed by atoms with E-state index in [-0.39, 0.29) is 11.8 Å². The van der Waals surface area contributed by atoms with Crippen molar-refractivity contribution < 1.29 is 9.21 Å². The number of carbonyl (C=O) groups is 1. The van der Waals surface area contributed by atoms with Crippen molar-refractivity contribution >= 4 is 28.6 Å². The number of halogens is 1. The molecule has 0 radical (unpaired) electrons. The lowest BCUT2D eigenvalue weighted by molar-refractivity contribution is -0.118. The van der Waals surface area contributed by atoms with Crippen LogP contribution in [0.25, 0.3) is 11.1 Å². The normalized spacial score (nSPS) is 10.7. The quantitative estimate of drug-likeness (QED) is 0.848. The highest BCUT2D eigenvalue weighted by Gasteiger charge is 2.03. The molecular formula is C12H13ClN2O2. The number of carbonyl (C=O) groups excluding carboxylic acids is 1. The number of oxazole rings is 1. The molecule has 0 saturated carbocycles. The first-order chi connectivity index (χ1) is 8.19. The van der Waals surface area contributed by atoms with E-state index in [0.717, 1.165) is 23.1 Å². The summed E-state index contributed by atoms with van der Waals surface area (Å²) in [4.78, 5) is 15.2. The summed E-state index contributed by atoms with van der Waals surface area (Å²) < 4.78 is 5.38. The Labute approximate surface area is 104 Å². The monoisotopic (exact) mass is 252 g/mol. The number of nitrogens with zero attached hydrogens (tertiary/aromatic N) is 1. The van der Waals surface area contributed by atoms with Crippen LogP contribution in [-0.2, 0) is 11.2 Å². The summed E-state index contributed by atoms with van der Waals surface area (Å²) in [6.07, 6.45) is 0.754. The van der Waals surface area contributed by atoms with E-state index < -0.39 is 0 Å². The third-order valence-electron chi connectivity index (χ3n) is 2.42. The number of aryl methyl sites for hydroxylation is 1. The molecule has 1 amide bonds. The van der Waals surface area contributed by atoms with E-state index in [9.17, 15) is 4.79 Å². The molecule has 0 saturated heterocycles. The highest BCUT2D eigenvalue weighted by Crippen LogP contribution is 2.16. The van der Waals surface area contributed by atoms with Gasteiger partial charge in [-0.25, -0.2) is 4.98 Å². The molecule has 1 aromatic carbocycles. The van der Waals surface area contributed by atoms with E-state index in [2.05, 4.69) is 10.3 Å². The summed E-state index contributed by atoms with van der Waals surface area (Å²) in [5.74, 6) is 0.513. The molecule has 0 unspecified atom stereocenters. The van der Waals surface area contributed by atoms with E-state index in [1.165, 1.54) is 0 Å². The van der Waals surface area contributed by atoms with E-state index in [1.807, 2.05) is 25.1 Å². The molecule has 90 valence electrons. The Morgan fingerprint density at radius 1 is 1.53 bits per heavy atom. The highest BCUT2D eigenvalue weighted by atomic mass is 35.5. The molecule has 0 aliphatic rings. The highest BCUT2D eigenvalue weighted by molar-refractivity contribution is 6.27. The molecule has 1 N–H and O–H groups in total. The average molecular weight is 253 g/mol. The maximum Gasteiger partial charge on any atom is 0.234 e. The second kappa shape index (κ2) is 5.19. The van der Waals surface area contributed by atoms with Crippen LogP contribution in [-0.4, -0.2) is 23.3 Å². The number of benzene rings is 1. The molecule has 0 bridgehead atoms. The van der Waals surface area contributed by atoms with Crippen LogP contribution in [0, 0.1) is 6.92 Å². The summed E-state index contributed by atoms with van der Waals surface area (Å²) in [5.41, 5.74) is 2.75. The van der Waals surface area contributed by atoms with E-state index >= 15 is 0 Å². The number of aromatic nitrogens is 1. The van der Waals surface area contributed by atoms with E-state index in [4.69, 9.17) is 16.0 Å². The summed E-state index contributed by atoms with van der Waals surface area (Å²) >= 11 is 5.38. The Hall–Kier alpha value is -1.55. The van der Waals surface area contributed by atoms with Crippen molar-refractivity contribution in [2.24, 2.45) is 0 Å². The van der Waals surface area contributed by atoms with Crippen LogP contribution >= 0.6 is 11.6 Å². The zero-order valence-electron chi connectivity index (χ0n) is 9.50. The fourth-order valence-electron chi connectivity index (χ4n) is 1.64. The molecule has 0 atom stereocenters. The minimum absolute atomic E-state index is 0.00150. The van der Waals surface area contributed by atoms with Crippen LogP contribution in [0.4, 0.5) is 0 Å². The lowest BCUT2D eigenvalue weighted by Crippen LogP contribution is -2.26. The van der Waals surface area contributed by atoms with Crippen LogP contribution in [0.15, 0.2) is 22.6 Å². The number of fused-ring (bicyclic) bond motifs is 1. The van der Waals surface area contributed by atoms with Gasteiger partial charge in [-0.2, -0.15) is 0 Å². The molecule has 0 fully saturated rings. The molecule has 5 heteroatoms. The second-order valence-electron chi connectivity index (χ2n) is 3.77. The van der Waals surface area contributed by atoms with Gasteiger partial charge in [-0.1, -0.05) is 6.07 Å². The van der Waals surface area contributed by atoms with Crippen LogP contribution in [0.5, 0.6) is 0 Å². The topological polar surface area (TPSA) is 55.1 Å². The maximum absolute atomic E-state index is 10.9. The van der Waals surface area contributed by atoms with Crippen molar-refractivity contribution in [1.29, 1.82) is 0 Å². The minimum Gasteiger partial charge on any atom is -0.441 e. The fourth-order valence-corrected chi connectivity index (χ4v) is 1.73. The summed E-state index contributed by atoms with van der Waals surface area (Å²) in [5, 5.41) is 2.72. The molecule has 1 heterocycles. The summed E-state index contributed by atoms with van der Waals surface area (Å²) in [6.45, 7) is 2.40. The van der Waals surface area contributed by atoms with Gasteiger partial charge in [-0.3, -0.25) is 4.79 Å². The molecule has 0 aliphatic heterocycles. The van der Waals surface area contributed by atoms with Crippen molar-refractivity contribution in [3.05, 3.63) is 29.7 Å². The third-order valence-corrected chi connectivity index (χ3v) is 2.66. The van der Waals surface area contributed by atoms with Crippen molar-refractivity contribution in [1.82, 2.24) is 10.3 Å². The smallest absolute Gasteiger partial charge is 0.234 e. The maximum atomic E-state index is 10.9. The van der Waals surface area contributed by atoms with Gasteiger partial charge in [0.1, 0.15) is 11.4 Å². The van der Waals surface area contributed by atoms with Crippen molar-refractivity contribution in [2.75, 3.05) is 12.4 Å². The van der Waals surface area contributed by atoms with Gasteiger partial charge in [0.15, 0.2) is 11.5 Å². The van der Waals surface area contributed by atoms with E-state index in [1.54, 1.807) is 0 Å². The summed E-state index contributed by atoms with van der Waals surface area (Å²) in [6, 6.07) is 5.84. The Bertz CT molecular complexity index is 536.